The van der Waals surface area contributed by atoms with Gasteiger partial charge >= 0.3 is 12.4 Å². The normalized spacial score (nSPS) is 12.9. The summed E-state index contributed by atoms with van der Waals surface area (Å²) in [4.78, 5) is 0. The molecular formula is C9H8F6N2. The predicted octanol–water partition coefficient (Wildman–Crippen LogP) is 2.69. The molecule has 0 atom stereocenters. The first-order valence-corrected chi connectivity index (χ1v) is 4.37. The Labute approximate surface area is 92.4 Å². The Balaban J connectivity index is 3.33. The zero-order valence-electron chi connectivity index (χ0n) is 8.28. The number of benzene rings is 1. The fraction of sp³-hybridized carbons (Fsp3) is 0.333. The van der Waals surface area contributed by atoms with E-state index < -0.39 is 23.5 Å². The molecule has 0 unspecified atom stereocenters. The highest BCUT2D eigenvalue weighted by Crippen LogP contribution is 2.40. The van der Waals surface area contributed by atoms with Crippen LogP contribution in [0.5, 0.6) is 0 Å². The smallest absolute Gasteiger partial charge is 0.271 e. The van der Waals surface area contributed by atoms with Gasteiger partial charge in [0.2, 0.25) is 0 Å². The summed E-state index contributed by atoms with van der Waals surface area (Å²) < 4.78 is 74.4. The van der Waals surface area contributed by atoms with Crippen molar-refractivity contribution >= 4 is 0 Å². The lowest BCUT2D eigenvalue weighted by molar-refractivity contribution is -0.162. The summed E-state index contributed by atoms with van der Waals surface area (Å²) in [6.07, 6.45) is -10.1. The molecular weight excluding hydrogens is 250 g/mol. The Morgan fingerprint density at radius 1 is 0.941 bits per heavy atom. The van der Waals surface area contributed by atoms with Crippen LogP contribution in [0.15, 0.2) is 18.2 Å². The van der Waals surface area contributed by atoms with Crippen LogP contribution in [0.3, 0.4) is 0 Å². The van der Waals surface area contributed by atoms with Crippen LogP contribution in [0.25, 0.3) is 0 Å². The molecule has 0 aliphatic rings. The first kappa shape index (κ1) is 13.8. The molecule has 1 aromatic rings. The number of nitrogens with one attached hydrogen (secondary N) is 1. The molecule has 0 aromatic heterocycles. The fourth-order valence-corrected chi connectivity index (χ4v) is 1.30. The maximum Gasteiger partial charge on any atom is 0.417 e. The van der Waals surface area contributed by atoms with Crippen molar-refractivity contribution in [3.8, 4) is 0 Å². The highest BCUT2D eigenvalue weighted by molar-refractivity contribution is 5.36. The SMILES string of the molecule is NNCc1ccc(C(F)(F)F)c(C(F)(F)F)c1. The lowest BCUT2D eigenvalue weighted by atomic mass is 10.0. The Kier molecular flexibility index (Phi) is 3.68. The number of halogens is 6. The second-order valence-electron chi connectivity index (χ2n) is 3.26. The average molecular weight is 258 g/mol. The molecule has 0 radical (unpaired) electrons. The first-order valence-electron chi connectivity index (χ1n) is 4.37. The highest BCUT2D eigenvalue weighted by Gasteiger charge is 2.42. The third-order valence-corrected chi connectivity index (χ3v) is 2.00. The van der Waals surface area contributed by atoms with Gasteiger partial charge in [0.05, 0.1) is 11.1 Å². The van der Waals surface area contributed by atoms with Gasteiger partial charge in [-0.15, -0.1) is 0 Å². The minimum atomic E-state index is -5.06. The molecule has 8 heteroatoms. The number of rotatable bonds is 2. The summed E-state index contributed by atoms with van der Waals surface area (Å²) in [5.41, 5.74) is -1.32. The van der Waals surface area contributed by atoms with Crippen LogP contribution in [-0.4, -0.2) is 0 Å². The van der Waals surface area contributed by atoms with Crippen LogP contribution in [0.4, 0.5) is 26.3 Å². The number of hydrogen-bond donors (Lipinski definition) is 2. The van der Waals surface area contributed by atoms with E-state index in [0.717, 1.165) is 6.07 Å². The third-order valence-electron chi connectivity index (χ3n) is 2.00. The summed E-state index contributed by atoms with van der Waals surface area (Å²) in [5, 5.41) is 0. The van der Waals surface area contributed by atoms with Gasteiger partial charge in [-0.1, -0.05) is 6.07 Å². The molecule has 96 valence electrons. The molecule has 0 bridgehead atoms. The van der Waals surface area contributed by atoms with E-state index >= 15 is 0 Å². The fourth-order valence-electron chi connectivity index (χ4n) is 1.30. The number of nitrogens with two attached hydrogens (primary N) is 1. The standard InChI is InChI=1S/C9H8F6N2/c10-8(11,12)6-2-1-5(4-17-16)3-7(6)9(13,14)15/h1-3,17H,4,16H2. The Morgan fingerprint density at radius 3 is 1.88 bits per heavy atom. The summed E-state index contributed by atoms with van der Waals surface area (Å²) in [7, 11) is 0. The van der Waals surface area contributed by atoms with Crippen LogP contribution < -0.4 is 11.3 Å². The zero-order valence-corrected chi connectivity index (χ0v) is 8.28. The van der Waals surface area contributed by atoms with E-state index in [9.17, 15) is 26.3 Å². The summed E-state index contributed by atoms with van der Waals surface area (Å²) in [6, 6.07) is 1.77. The van der Waals surface area contributed by atoms with Gasteiger partial charge in [-0.2, -0.15) is 26.3 Å². The van der Waals surface area contributed by atoms with Crippen molar-refractivity contribution in [3.05, 3.63) is 34.9 Å². The van der Waals surface area contributed by atoms with Crippen molar-refractivity contribution < 1.29 is 26.3 Å². The molecule has 1 aromatic carbocycles. The summed E-state index contributed by atoms with van der Waals surface area (Å²) in [5.74, 6) is 4.89. The molecule has 2 nitrogen and oxygen atoms in total. The van der Waals surface area contributed by atoms with E-state index in [1.54, 1.807) is 0 Å². The second kappa shape index (κ2) is 4.53. The van der Waals surface area contributed by atoms with Crippen molar-refractivity contribution in [1.82, 2.24) is 5.43 Å². The van der Waals surface area contributed by atoms with Gasteiger partial charge in [0.25, 0.3) is 0 Å². The van der Waals surface area contributed by atoms with Gasteiger partial charge in [-0.25, -0.2) is 0 Å². The molecule has 0 heterocycles. The van der Waals surface area contributed by atoms with Crippen molar-refractivity contribution in [2.24, 2.45) is 5.84 Å². The maximum absolute atomic E-state index is 12.4. The molecule has 3 N–H and O–H groups in total. The Hall–Kier alpha value is -1.28. The molecule has 17 heavy (non-hydrogen) atoms. The lowest BCUT2D eigenvalue weighted by Gasteiger charge is -2.16. The van der Waals surface area contributed by atoms with E-state index in [4.69, 9.17) is 5.84 Å². The van der Waals surface area contributed by atoms with E-state index in [2.05, 4.69) is 5.43 Å². The summed E-state index contributed by atoms with van der Waals surface area (Å²) >= 11 is 0. The van der Waals surface area contributed by atoms with E-state index in [-0.39, 0.29) is 12.1 Å². The number of hydrazine groups is 1. The van der Waals surface area contributed by atoms with E-state index in [0.29, 0.717) is 12.1 Å². The van der Waals surface area contributed by atoms with Crippen molar-refractivity contribution in [1.29, 1.82) is 0 Å². The number of alkyl halides is 6. The summed E-state index contributed by atoms with van der Waals surface area (Å²) in [6.45, 7) is -0.152. The quantitative estimate of drug-likeness (QED) is 0.486. The topological polar surface area (TPSA) is 38.0 Å². The molecule has 0 aliphatic carbocycles. The first-order chi connectivity index (χ1) is 7.66. The minimum absolute atomic E-state index is 0.0211. The molecule has 0 aliphatic heterocycles. The molecule has 0 fully saturated rings. The number of hydrogen-bond acceptors (Lipinski definition) is 2. The van der Waals surface area contributed by atoms with Crippen LogP contribution in [0.2, 0.25) is 0 Å². The van der Waals surface area contributed by atoms with Gasteiger partial charge in [0.1, 0.15) is 0 Å². The van der Waals surface area contributed by atoms with Crippen LogP contribution >= 0.6 is 0 Å². The Morgan fingerprint density at radius 2 is 1.47 bits per heavy atom. The monoisotopic (exact) mass is 258 g/mol. The van der Waals surface area contributed by atoms with E-state index in [1.165, 1.54) is 0 Å². The van der Waals surface area contributed by atoms with Crippen molar-refractivity contribution in [2.45, 2.75) is 18.9 Å². The molecule has 0 saturated carbocycles. The highest BCUT2D eigenvalue weighted by atomic mass is 19.4. The van der Waals surface area contributed by atoms with Gasteiger partial charge in [0.15, 0.2) is 0 Å². The van der Waals surface area contributed by atoms with Gasteiger partial charge < -0.3 is 0 Å². The van der Waals surface area contributed by atoms with Crippen LogP contribution in [-0.2, 0) is 18.9 Å². The maximum atomic E-state index is 12.4. The molecule has 0 saturated heterocycles. The zero-order chi connectivity index (χ0) is 13.3. The lowest BCUT2D eigenvalue weighted by Crippen LogP contribution is -2.22. The van der Waals surface area contributed by atoms with E-state index in [1.807, 2.05) is 0 Å². The van der Waals surface area contributed by atoms with Crippen molar-refractivity contribution in [3.63, 3.8) is 0 Å². The minimum Gasteiger partial charge on any atom is -0.271 e. The average Bonchev–Trinajstić information content (AvgIpc) is 2.15. The van der Waals surface area contributed by atoms with Crippen LogP contribution in [0, 0.1) is 0 Å². The Bertz CT molecular complexity index is 395. The molecule has 0 spiro atoms. The van der Waals surface area contributed by atoms with Gasteiger partial charge in [-0.3, -0.25) is 11.3 Å². The van der Waals surface area contributed by atoms with Gasteiger partial charge in [-0.05, 0) is 17.7 Å². The molecule has 1 rings (SSSR count). The third kappa shape index (κ3) is 3.34. The second-order valence-corrected chi connectivity index (χ2v) is 3.26. The van der Waals surface area contributed by atoms with Gasteiger partial charge in [0, 0.05) is 6.54 Å². The largest absolute Gasteiger partial charge is 0.417 e. The molecule has 0 amide bonds. The van der Waals surface area contributed by atoms with Crippen molar-refractivity contribution in [2.75, 3.05) is 0 Å². The van der Waals surface area contributed by atoms with Crippen LogP contribution in [0.1, 0.15) is 16.7 Å². The predicted molar refractivity (Wildman–Crippen MR) is 47.5 cm³/mol.